The van der Waals surface area contributed by atoms with Gasteiger partial charge in [-0.05, 0) is 6.92 Å². The first-order valence-corrected chi connectivity index (χ1v) is 5.61. The fraction of sp³-hybridized carbons (Fsp3) is 1.00. The summed E-state index contributed by atoms with van der Waals surface area (Å²) in [5.74, 6) is 0.190. The van der Waals surface area contributed by atoms with E-state index in [2.05, 4.69) is 0 Å². The normalized spacial score (nSPS) is 14.2. The van der Waals surface area contributed by atoms with Crippen LogP contribution in [0.3, 0.4) is 0 Å². The number of aliphatic hydroxyl groups is 1. The molecule has 1 atom stereocenters. The third-order valence-corrected chi connectivity index (χ3v) is 1.99. The lowest BCUT2D eigenvalue weighted by molar-refractivity contribution is -0.307. The molecule has 4 nitrogen and oxygen atoms in total. The first-order chi connectivity index (χ1) is 7.02. The van der Waals surface area contributed by atoms with Crippen LogP contribution in [-0.4, -0.2) is 43.5 Å². The van der Waals surface area contributed by atoms with E-state index in [0.29, 0.717) is 19.8 Å². The molecule has 0 aliphatic carbocycles. The van der Waals surface area contributed by atoms with E-state index in [1.165, 1.54) is 0 Å². The van der Waals surface area contributed by atoms with Crippen LogP contribution in [0.15, 0.2) is 0 Å². The minimum atomic E-state index is -0.602. The van der Waals surface area contributed by atoms with Gasteiger partial charge in [-0.15, -0.1) is 11.6 Å². The van der Waals surface area contributed by atoms with Crippen molar-refractivity contribution < 1.29 is 19.6 Å². The molecule has 0 aliphatic heterocycles. The van der Waals surface area contributed by atoms with E-state index in [4.69, 9.17) is 31.2 Å². The van der Waals surface area contributed by atoms with Crippen LogP contribution >= 0.6 is 11.6 Å². The lowest BCUT2D eigenvalue weighted by atomic mass is 9.96. The fourth-order valence-corrected chi connectivity index (χ4v) is 0.931. The number of halogens is 1. The minimum absolute atomic E-state index is 0.138. The van der Waals surface area contributed by atoms with E-state index in [-0.39, 0.29) is 17.9 Å². The summed E-state index contributed by atoms with van der Waals surface area (Å²) < 4.78 is 5.31. The SMILES string of the molecule is CCOOCC(C)(C)COCC(O)CCl. The molecule has 0 amide bonds. The predicted molar refractivity (Wildman–Crippen MR) is 58.9 cm³/mol. The highest BCUT2D eigenvalue weighted by Crippen LogP contribution is 2.16. The molecular weight excluding hydrogens is 220 g/mol. The Balaban J connectivity index is 3.54. The van der Waals surface area contributed by atoms with Crippen LogP contribution in [0, 0.1) is 5.41 Å². The van der Waals surface area contributed by atoms with Crippen LogP contribution in [-0.2, 0) is 14.5 Å². The second-order valence-corrected chi connectivity index (χ2v) is 4.46. The number of ether oxygens (including phenoxy) is 1. The Morgan fingerprint density at radius 3 is 2.47 bits per heavy atom. The summed E-state index contributed by atoms with van der Waals surface area (Å²) in [6.07, 6.45) is -0.602. The minimum Gasteiger partial charge on any atom is -0.389 e. The average Bonchev–Trinajstić information content (AvgIpc) is 2.17. The summed E-state index contributed by atoms with van der Waals surface area (Å²) in [5, 5.41) is 9.16. The third-order valence-electron chi connectivity index (χ3n) is 1.63. The molecule has 15 heavy (non-hydrogen) atoms. The van der Waals surface area contributed by atoms with Crippen molar-refractivity contribution in [2.45, 2.75) is 26.9 Å². The van der Waals surface area contributed by atoms with E-state index >= 15 is 0 Å². The van der Waals surface area contributed by atoms with Gasteiger partial charge in [-0.3, -0.25) is 0 Å². The second kappa shape index (κ2) is 8.30. The molecule has 0 bridgehead atoms. The van der Waals surface area contributed by atoms with Gasteiger partial charge in [0.05, 0.1) is 38.4 Å². The maximum absolute atomic E-state index is 9.16. The molecule has 0 saturated carbocycles. The Hall–Kier alpha value is 0.130. The molecule has 5 heteroatoms. The molecule has 1 N–H and O–H groups in total. The van der Waals surface area contributed by atoms with Gasteiger partial charge in [-0.1, -0.05) is 13.8 Å². The van der Waals surface area contributed by atoms with Gasteiger partial charge in [0.1, 0.15) is 0 Å². The Labute approximate surface area is 96.4 Å². The highest BCUT2D eigenvalue weighted by atomic mass is 35.5. The summed E-state index contributed by atoms with van der Waals surface area (Å²) >= 11 is 5.43. The van der Waals surface area contributed by atoms with Crippen molar-refractivity contribution in [1.82, 2.24) is 0 Å². The predicted octanol–water partition coefficient (Wildman–Crippen LogP) is 1.60. The van der Waals surface area contributed by atoms with Gasteiger partial charge in [0, 0.05) is 5.41 Å². The van der Waals surface area contributed by atoms with E-state index in [0.717, 1.165) is 0 Å². The zero-order chi connectivity index (χ0) is 11.7. The van der Waals surface area contributed by atoms with Crippen LogP contribution in [0.4, 0.5) is 0 Å². The molecule has 0 radical (unpaired) electrons. The summed E-state index contributed by atoms with van der Waals surface area (Å²) in [6, 6.07) is 0. The van der Waals surface area contributed by atoms with Crippen LogP contribution in [0.25, 0.3) is 0 Å². The molecule has 0 saturated heterocycles. The Morgan fingerprint density at radius 2 is 1.93 bits per heavy atom. The lowest BCUT2D eigenvalue weighted by Crippen LogP contribution is -2.28. The average molecular weight is 241 g/mol. The van der Waals surface area contributed by atoms with Crippen molar-refractivity contribution in [1.29, 1.82) is 0 Å². The molecule has 0 aromatic rings. The fourth-order valence-electron chi connectivity index (χ4n) is 0.842. The number of alkyl halides is 1. The van der Waals surface area contributed by atoms with Gasteiger partial charge in [0.25, 0.3) is 0 Å². The molecule has 0 rings (SSSR count). The highest BCUT2D eigenvalue weighted by molar-refractivity contribution is 6.18. The first-order valence-electron chi connectivity index (χ1n) is 5.08. The Bertz CT molecular complexity index is 152. The van der Waals surface area contributed by atoms with Crippen molar-refractivity contribution in [3.8, 4) is 0 Å². The number of aliphatic hydroxyl groups excluding tert-OH is 1. The maximum atomic E-state index is 9.16. The number of hydrogen-bond donors (Lipinski definition) is 1. The Morgan fingerprint density at radius 1 is 1.27 bits per heavy atom. The molecular formula is C10H21ClO4. The van der Waals surface area contributed by atoms with E-state index in [9.17, 15) is 0 Å². The summed E-state index contributed by atoms with van der Waals surface area (Å²) in [6.45, 7) is 7.59. The van der Waals surface area contributed by atoms with Crippen molar-refractivity contribution in [2.75, 3.05) is 32.3 Å². The van der Waals surface area contributed by atoms with E-state index in [1.807, 2.05) is 20.8 Å². The van der Waals surface area contributed by atoms with Gasteiger partial charge < -0.3 is 9.84 Å². The molecule has 0 fully saturated rings. The van der Waals surface area contributed by atoms with Gasteiger partial charge in [-0.2, -0.15) is 0 Å². The van der Waals surface area contributed by atoms with Crippen LogP contribution in [0.1, 0.15) is 20.8 Å². The topological polar surface area (TPSA) is 47.9 Å². The summed E-state index contributed by atoms with van der Waals surface area (Å²) in [4.78, 5) is 9.75. The third kappa shape index (κ3) is 9.08. The molecule has 0 aliphatic rings. The Kier molecular flexibility index (Phi) is 8.37. The maximum Gasteiger partial charge on any atom is 0.0908 e. The van der Waals surface area contributed by atoms with Crippen molar-refractivity contribution >= 4 is 11.6 Å². The molecule has 0 aromatic heterocycles. The number of rotatable bonds is 9. The van der Waals surface area contributed by atoms with Crippen molar-refractivity contribution in [3.05, 3.63) is 0 Å². The molecule has 0 spiro atoms. The van der Waals surface area contributed by atoms with Crippen LogP contribution in [0.2, 0.25) is 0 Å². The zero-order valence-corrected chi connectivity index (χ0v) is 10.4. The zero-order valence-electron chi connectivity index (χ0n) is 9.66. The van der Waals surface area contributed by atoms with Gasteiger partial charge in [-0.25, -0.2) is 9.78 Å². The molecule has 1 unspecified atom stereocenters. The van der Waals surface area contributed by atoms with Crippen molar-refractivity contribution in [2.24, 2.45) is 5.41 Å². The van der Waals surface area contributed by atoms with Crippen LogP contribution < -0.4 is 0 Å². The molecule has 92 valence electrons. The molecule has 0 heterocycles. The molecule has 0 aromatic carbocycles. The standard InChI is InChI=1S/C10H21ClO4/c1-4-14-15-8-10(2,3)7-13-6-9(12)5-11/h9,12H,4-8H2,1-3H3. The van der Waals surface area contributed by atoms with E-state index in [1.54, 1.807) is 0 Å². The van der Waals surface area contributed by atoms with Crippen LogP contribution in [0.5, 0.6) is 0 Å². The van der Waals surface area contributed by atoms with Gasteiger partial charge >= 0.3 is 0 Å². The highest BCUT2D eigenvalue weighted by Gasteiger charge is 2.19. The van der Waals surface area contributed by atoms with E-state index < -0.39 is 6.10 Å². The number of hydrogen-bond acceptors (Lipinski definition) is 4. The largest absolute Gasteiger partial charge is 0.389 e. The van der Waals surface area contributed by atoms with Crippen molar-refractivity contribution in [3.63, 3.8) is 0 Å². The quantitative estimate of drug-likeness (QED) is 0.288. The second-order valence-electron chi connectivity index (χ2n) is 4.16. The smallest absolute Gasteiger partial charge is 0.0908 e. The van der Waals surface area contributed by atoms with Gasteiger partial charge in [0.2, 0.25) is 0 Å². The first kappa shape index (κ1) is 15.1. The monoisotopic (exact) mass is 240 g/mol. The summed E-state index contributed by atoms with van der Waals surface area (Å²) in [7, 11) is 0. The summed E-state index contributed by atoms with van der Waals surface area (Å²) in [5.41, 5.74) is -0.138. The lowest BCUT2D eigenvalue weighted by Gasteiger charge is -2.23. The van der Waals surface area contributed by atoms with Gasteiger partial charge in [0.15, 0.2) is 0 Å².